The Morgan fingerprint density at radius 3 is 2.86 bits per heavy atom. The Balaban J connectivity index is 2.75. The molecule has 0 aromatic carbocycles. The standard InChI is InChI=1S/C11H18N2O/c1-9(14)8-10-6-4-5-7-11(12-10)13(2)3/h6H,4-5,7-8H2,1-3H3. The zero-order valence-electron chi connectivity index (χ0n) is 9.21. The van der Waals surface area contributed by atoms with Crippen LogP contribution in [0.25, 0.3) is 0 Å². The topological polar surface area (TPSA) is 32.7 Å². The number of carbonyl (C=O) groups is 1. The minimum Gasteiger partial charge on any atom is -0.366 e. The number of carbonyl (C=O) groups excluding carboxylic acids is 1. The lowest BCUT2D eigenvalue weighted by atomic mass is 10.2. The molecule has 14 heavy (non-hydrogen) atoms. The number of rotatable bonds is 2. The fraction of sp³-hybridized carbons (Fsp3) is 0.636. The van der Waals surface area contributed by atoms with Gasteiger partial charge < -0.3 is 4.90 Å². The van der Waals surface area contributed by atoms with Gasteiger partial charge in [-0.25, -0.2) is 4.99 Å². The Morgan fingerprint density at radius 1 is 1.57 bits per heavy atom. The van der Waals surface area contributed by atoms with Gasteiger partial charge in [0.2, 0.25) is 0 Å². The van der Waals surface area contributed by atoms with Crippen LogP contribution >= 0.6 is 0 Å². The summed E-state index contributed by atoms with van der Waals surface area (Å²) in [5, 5.41) is 0. The Morgan fingerprint density at radius 2 is 2.29 bits per heavy atom. The molecule has 0 bridgehead atoms. The molecule has 78 valence electrons. The largest absolute Gasteiger partial charge is 0.366 e. The number of Topliss-reactive ketones (excluding diaryl/α,β-unsaturated/α-hetero) is 1. The fourth-order valence-corrected chi connectivity index (χ4v) is 1.49. The molecule has 0 radical (unpaired) electrons. The molecule has 0 spiro atoms. The van der Waals surface area contributed by atoms with Crippen LogP contribution in [0.15, 0.2) is 16.8 Å². The molecule has 0 aliphatic carbocycles. The number of hydrogen-bond donors (Lipinski definition) is 0. The molecular weight excluding hydrogens is 176 g/mol. The highest BCUT2D eigenvalue weighted by atomic mass is 16.1. The van der Waals surface area contributed by atoms with Crippen molar-refractivity contribution in [2.45, 2.75) is 32.6 Å². The number of aliphatic imine (C=N–C) groups is 1. The molecule has 1 aliphatic rings. The number of allylic oxidation sites excluding steroid dienone is 2. The Kier molecular flexibility index (Phi) is 3.86. The molecule has 0 atom stereocenters. The third-order valence-electron chi connectivity index (χ3n) is 2.20. The second kappa shape index (κ2) is 4.94. The molecule has 0 saturated heterocycles. The maximum atomic E-state index is 11.0. The van der Waals surface area contributed by atoms with Crippen LogP contribution < -0.4 is 0 Å². The van der Waals surface area contributed by atoms with Crippen molar-refractivity contribution in [1.29, 1.82) is 0 Å². The average molecular weight is 194 g/mol. The van der Waals surface area contributed by atoms with Gasteiger partial charge in [-0.15, -0.1) is 0 Å². The third kappa shape index (κ3) is 3.32. The zero-order chi connectivity index (χ0) is 10.6. The Bertz CT molecular complexity index is 277. The highest BCUT2D eigenvalue weighted by molar-refractivity contribution is 5.84. The summed E-state index contributed by atoms with van der Waals surface area (Å²) in [6, 6.07) is 0. The van der Waals surface area contributed by atoms with Crippen LogP contribution in [-0.2, 0) is 4.79 Å². The third-order valence-corrected chi connectivity index (χ3v) is 2.20. The van der Waals surface area contributed by atoms with Gasteiger partial charge in [-0.05, 0) is 19.8 Å². The van der Waals surface area contributed by atoms with Gasteiger partial charge in [-0.1, -0.05) is 6.08 Å². The molecule has 0 aromatic heterocycles. The molecule has 3 heteroatoms. The minimum absolute atomic E-state index is 0.181. The first kappa shape index (κ1) is 11.0. The van der Waals surface area contributed by atoms with E-state index in [0.717, 1.165) is 30.8 Å². The second-order valence-corrected chi connectivity index (χ2v) is 3.89. The first-order valence-electron chi connectivity index (χ1n) is 5.03. The van der Waals surface area contributed by atoms with Crippen molar-refractivity contribution in [2.24, 2.45) is 4.99 Å². The molecule has 1 heterocycles. The van der Waals surface area contributed by atoms with Gasteiger partial charge in [0.1, 0.15) is 11.6 Å². The van der Waals surface area contributed by atoms with E-state index in [9.17, 15) is 4.79 Å². The quantitative estimate of drug-likeness (QED) is 0.673. The average Bonchev–Trinajstić information content (AvgIpc) is 2.28. The van der Waals surface area contributed by atoms with Gasteiger partial charge in [-0.3, -0.25) is 4.79 Å². The van der Waals surface area contributed by atoms with Gasteiger partial charge in [-0.2, -0.15) is 0 Å². The summed E-state index contributed by atoms with van der Waals surface area (Å²) in [6.45, 7) is 1.61. The molecule has 0 aromatic rings. The SMILES string of the molecule is CC(=O)CC1=CCCCC(N(C)C)=N1. The second-order valence-electron chi connectivity index (χ2n) is 3.89. The van der Waals surface area contributed by atoms with Crippen LogP contribution in [0.4, 0.5) is 0 Å². The van der Waals surface area contributed by atoms with Crippen molar-refractivity contribution >= 4 is 11.6 Å². The van der Waals surface area contributed by atoms with Gasteiger partial charge in [0.05, 0.1) is 0 Å². The predicted octanol–water partition coefficient (Wildman–Crippen LogP) is 1.99. The maximum absolute atomic E-state index is 11.0. The molecule has 3 nitrogen and oxygen atoms in total. The Labute approximate surface area is 85.5 Å². The van der Waals surface area contributed by atoms with Crippen LogP contribution in [-0.4, -0.2) is 30.6 Å². The van der Waals surface area contributed by atoms with Gasteiger partial charge in [0, 0.05) is 32.6 Å². The van der Waals surface area contributed by atoms with Crippen LogP contribution in [0.1, 0.15) is 32.6 Å². The van der Waals surface area contributed by atoms with Gasteiger partial charge in [0.25, 0.3) is 0 Å². The van der Waals surface area contributed by atoms with E-state index in [0.29, 0.717) is 6.42 Å². The van der Waals surface area contributed by atoms with Crippen molar-refractivity contribution in [3.05, 3.63) is 11.8 Å². The van der Waals surface area contributed by atoms with Crippen molar-refractivity contribution in [3.63, 3.8) is 0 Å². The number of hydrogen-bond acceptors (Lipinski definition) is 3. The lowest BCUT2D eigenvalue weighted by molar-refractivity contribution is -0.116. The first-order valence-corrected chi connectivity index (χ1v) is 5.03. The number of ketones is 1. The molecule has 0 fully saturated rings. The van der Waals surface area contributed by atoms with Crippen LogP contribution in [0, 0.1) is 0 Å². The van der Waals surface area contributed by atoms with Crippen molar-refractivity contribution in [3.8, 4) is 0 Å². The van der Waals surface area contributed by atoms with Crippen LogP contribution in [0.5, 0.6) is 0 Å². The summed E-state index contributed by atoms with van der Waals surface area (Å²) >= 11 is 0. The molecule has 1 rings (SSSR count). The lowest BCUT2D eigenvalue weighted by Gasteiger charge is -2.14. The summed E-state index contributed by atoms with van der Waals surface area (Å²) in [4.78, 5) is 17.5. The summed E-state index contributed by atoms with van der Waals surface area (Å²) in [5.41, 5.74) is 0.929. The van der Waals surface area contributed by atoms with E-state index in [-0.39, 0.29) is 5.78 Å². The van der Waals surface area contributed by atoms with Crippen molar-refractivity contribution < 1.29 is 4.79 Å². The lowest BCUT2D eigenvalue weighted by Crippen LogP contribution is -2.21. The predicted molar refractivity (Wildman–Crippen MR) is 58.4 cm³/mol. The smallest absolute Gasteiger partial charge is 0.135 e. The van der Waals surface area contributed by atoms with Crippen molar-refractivity contribution in [2.75, 3.05) is 14.1 Å². The van der Waals surface area contributed by atoms with Gasteiger partial charge >= 0.3 is 0 Å². The Hall–Kier alpha value is -1.12. The van der Waals surface area contributed by atoms with E-state index < -0.39 is 0 Å². The molecule has 1 aliphatic heterocycles. The monoisotopic (exact) mass is 194 g/mol. The highest BCUT2D eigenvalue weighted by Crippen LogP contribution is 2.15. The zero-order valence-corrected chi connectivity index (χ0v) is 9.21. The summed E-state index contributed by atoms with van der Waals surface area (Å²) in [6.07, 6.45) is 5.71. The van der Waals surface area contributed by atoms with E-state index >= 15 is 0 Å². The van der Waals surface area contributed by atoms with E-state index in [1.54, 1.807) is 6.92 Å². The summed E-state index contributed by atoms with van der Waals surface area (Å²) in [7, 11) is 3.99. The number of amidine groups is 1. The van der Waals surface area contributed by atoms with Gasteiger partial charge in [0.15, 0.2) is 0 Å². The first-order chi connectivity index (χ1) is 6.59. The molecular formula is C11H18N2O. The van der Waals surface area contributed by atoms with E-state index in [1.165, 1.54) is 0 Å². The van der Waals surface area contributed by atoms with Crippen molar-refractivity contribution in [1.82, 2.24) is 4.90 Å². The van der Waals surface area contributed by atoms with E-state index in [2.05, 4.69) is 11.1 Å². The van der Waals surface area contributed by atoms with Crippen LogP contribution in [0.3, 0.4) is 0 Å². The van der Waals surface area contributed by atoms with Crippen LogP contribution in [0.2, 0.25) is 0 Å². The fourth-order valence-electron chi connectivity index (χ4n) is 1.49. The molecule has 0 amide bonds. The molecule has 0 unspecified atom stereocenters. The maximum Gasteiger partial charge on any atom is 0.135 e. The molecule has 0 saturated carbocycles. The summed E-state index contributed by atoms with van der Waals surface area (Å²) in [5.74, 6) is 1.26. The molecule has 0 N–H and O–H groups in total. The van der Waals surface area contributed by atoms with E-state index in [4.69, 9.17) is 0 Å². The normalized spacial score (nSPS) is 16.8. The summed E-state index contributed by atoms with van der Waals surface area (Å²) < 4.78 is 0. The highest BCUT2D eigenvalue weighted by Gasteiger charge is 2.08. The van der Waals surface area contributed by atoms with E-state index in [1.807, 2.05) is 19.0 Å². The number of nitrogens with zero attached hydrogens (tertiary/aromatic N) is 2. The minimum atomic E-state index is 0.181.